The zero-order valence-corrected chi connectivity index (χ0v) is 18.5. The van der Waals surface area contributed by atoms with Crippen molar-refractivity contribution in [1.82, 2.24) is 15.2 Å². The largest absolute Gasteiger partial charge is 0.371 e. The molecule has 30 heavy (non-hydrogen) atoms. The van der Waals surface area contributed by atoms with Crippen LogP contribution >= 0.6 is 24.8 Å². The fraction of sp³-hybridized carbons (Fsp3) is 0.400. The van der Waals surface area contributed by atoms with Crippen molar-refractivity contribution in [2.24, 2.45) is 0 Å². The summed E-state index contributed by atoms with van der Waals surface area (Å²) in [6.45, 7) is 3.18. The van der Waals surface area contributed by atoms with E-state index in [1.807, 2.05) is 32.2 Å². The molecule has 1 unspecified atom stereocenters. The third kappa shape index (κ3) is 6.04. The lowest BCUT2D eigenvalue weighted by Gasteiger charge is -2.31. The summed E-state index contributed by atoms with van der Waals surface area (Å²) >= 11 is 0. The summed E-state index contributed by atoms with van der Waals surface area (Å²) in [4.78, 5) is 29.9. The molecule has 8 nitrogen and oxygen atoms in total. The van der Waals surface area contributed by atoms with E-state index >= 15 is 0 Å². The van der Waals surface area contributed by atoms with Crippen molar-refractivity contribution in [2.75, 3.05) is 25.5 Å². The number of halogens is 2. The highest BCUT2D eigenvalue weighted by atomic mass is 35.5. The van der Waals surface area contributed by atoms with Crippen LogP contribution in [0, 0.1) is 10.1 Å². The monoisotopic (exact) mass is 455 g/mol. The molecule has 0 spiro atoms. The number of nitro benzene ring substituents is 1. The molecule has 1 atom stereocenters. The molecule has 1 aromatic carbocycles. The minimum absolute atomic E-state index is 0. The van der Waals surface area contributed by atoms with E-state index in [1.54, 1.807) is 23.2 Å². The molecule has 1 aliphatic rings. The van der Waals surface area contributed by atoms with Crippen molar-refractivity contribution in [3.8, 4) is 0 Å². The molecule has 10 heteroatoms. The van der Waals surface area contributed by atoms with Crippen LogP contribution in [0.25, 0.3) is 0 Å². The SMILES string of the molecule is CNC1CCN(C(=O)c2ccc(NC(C)c3ccccn3)c([N+](=O)[O-])c2)CC1.Cl.Cl. The number of benzene rings is 1. The van der Waals surface area contributed by atoms with Gasteiger partial charge in [-0.25, -0.2) is 0 Å². The molecule has 164 valence electrons. The zero-order chi connectivity index (χ0) is 20.1. The first kappa shape index (κ1) is 25.6. The number of amides is 1. The minimum Gasteiger partial charge on any atom is -0.371 e. The van der Waals surface area contributed by atoms with Gasteiger partial charge in [-0.1, -0.05) is 6.07 Å². The third-order valence-corrected chi connectivity index (χ3v) is 5.14. The predicted octanol–water partition coefficient (Wildman–Crippen LogP) is 3.83. The Morgan fingerprint density at radius 1 is 1.23 bits per heavy atom. The number of aromatic nitrogens is 1. The van der Waals surface area contributed by atoms with Crippen LogP contribution in [0.3, 0.4) is 0 Å². The van der Waals surface area contributed by atoms with Crippen molar-refractivity contribution >= 4 is 42.1 Å². The van der Waals surface area contributed by atoms with E-state index < -0.39 is 4.92 Å². The summed E-state index contributed by atoms with van der Waals surface area (Å²) in [7, 11) is 1.92. The van der Waals surface area contributed by atoms with E-state index in [0.29, 0.717) is 30.4 Å². The van der Waals surface area contributed by atoms with Crippen LogP contribution in [0.4, 0.5) is 11.4 Å². The second kappa shape index (κ2) is 11.7. The van der Waals surface area contributed by atoms with E-state index in [2.05, 4.69) is 15.6 Å². The van der Waals surface area contributed by atoms with Gasteiger partial charge in [0.25, 0.3) is 11.6 Å². The number of hydrogen-bond acceptors (Lipinski definition) is 6. The van der Waals surface area contributed by atoms with Crippen LogP contribution < -0.4 is 10.6 Å². The Balaban J connectivity index is 0.00000225. The molecule has 2 heterocycles. The van der Waals surface area contributed by atoms with Gasteiger partial charge in [-0.05, 0) is 51.1 Å². The lowest BCUT2D eigenvalue weighted by Crippen LogP contribution is -2.43. The fourth-order valence-corrected chi connectivity index (χ4v) is 3.43. The Morgan fingerprint density at radius 2 is 1.93 bits per heavy atom. The summed E-state index contributed by atoms with van der Waals surface area (Å²) in [5.74, 6) is -0.165. The molecule has 0 radical (unpaired) electrons. The molecule has 0 saturated carbocycles. The van der Waals surface area contributed by atoms with Gasteiger partial charge in [-0.15, -0.1) is 24.8 Å². The van der Waals surface area contributed by atoms with Crippen LogP contribution in [0.5, 0.6) is 0 Å². The normalized spacial score (nSPS) is 14.8. The van der Waals surface area contributed by atoms with Gasteiger partial charge in [0.1, 0.15) is 5.69 Å². The second-order valence-corrected chi connectivity index (χ2v) is 6.96. The molecule has 1 fully saturated rings. The predicted molar refractivity (Wildman–Crippen MR) is 122 cm³/mol. The topological polar surface area (TPSA) is 100 Å². The number of nitrogens with one attached hydrogen (secondary N) is 2. The molecule has 0 bridgehead atoms. The number of anilines is 1. The molecule has 1 aromatic heterocycles. The smallest absolute Gasteiger partial charge is 0.293 e. The van der Waals surface area contributed by atoms with E-state index in [1.165, 1.54) is 6.07 Å². The lowest BCUT2D eigenvalue weighted by atomic mass is 10.0. The number of nitrogens with zero attached hydrogens (tertiary/aromatic N) is 3. The lowest BCUT2D eigenvalue weighted by molar-refractivity contribution is -0.384. The van der Waals surface area contributed by atoms with Crippen molar-refractivity contribution in [3.05, 3.63) is 64.0 Å². The Kier molecular flexibility index (Phi) is 9.98. The van der Waals surface area contributed by atoms with Gasteiger partial charge < -0.3 is 15.5 Å². The summed E-state index contributed by atoms with van der Waals surface area (Å²) in [6, 6.07) is 10.4. The van der Waals surface area contributed by atoms with Crippen LogP contribution in [0.2, 0.25) is 0 Å². The summed E-state index contributed by atoms with van der Waals surface area (Å²) in [5.41, 5.74) is 1.38. The number of nitro groups is 1. The van der Waals surface area contributed by atoms with E-state index in [0.717, 1.165) is 18.5 Å². The highest BCUT2D eigenvalue weighted by Crippen LogP contribution is 2.29. The van der Waals surface area contributed by atoms with Crippen LogP contribution in [0.15, 0.2) is 42.6 Å². The second-order valence-electron chi connectivity index (χ2n) is 6.96. The van der Waals surface area contributed by atoms with Crippen molar-refractivity contribution < 1.29 is 9.72 Å². The highest BCUT2D eigenvalue weighted by Gasteiger charge is 2.25. The van der Waals surface area contributed by atoms with Gasteiger partial charge in [0.05, 0.1) is 16.7 Å². The summed E-state index contributed by atoms with van der Waals surface area (Å²) < 4.78 is 0. The van der Waals surface area contributed by atoms with Crippen LogP contribution in [-0.4, -0.2) is 46.9 Å². The number of carbonyl (C=O) groups is 1. The standard InChI is InChI=1S/C20H25N5O3.2ClH/c1-14(17-5-3-4-10-22-17)23-18-7-6-15(13-19(18)25(27)28)20(26)24-11-8-16(21-2)9-12-24;;/h3-7,10,13-14,16,21,23H,8-9,11-12H2,1-2H3;2*1H. The van der Waals surface area contributed by atoms with Crippen molar-refractivity contribution in [1.29, 1.82) is 0 Å². The Morgan fingerprint density at radius 3 is 2.50 bits per heavy atom. The third-order valence-electron chi connectivity index (χ3n) is 5.14. The Labute approximate surface area is 188 Å². The highest BCUT2D eigenvalue weighted by molar-refractivity contribution is 5.95. The zero-order valence-electron chi connectivity index (χ0n) is 16.9. The van der Waals surface area contributed by atoms with E-state index in [9.17, 15) is 14.9 Å². The van der Waals surface area contributed by atoms with Crippen molar-refractivity contribution in [3.63, 3.8) is 0 Å². The molecule has 1 saturated heterocycles. The minimum atomic E-state index is -0.461. The molecule has 1 aliphatic heterocycles. The Hall–Kier alpha value is -2.42. The van der Waals surface area contributed by atoms with Crippen molar-refractivity contribution in [2.45, 2.75) is 31.8 Å². The first-order valence-electron chi connectivity index (χ1n) is 9.42. The van der Waals surface area contributed by atoms with E-state index in [4.69, 9.17) is 0 Å². The number of likely N-dealkylation sites (tertiary alicyclic amines) is 1. The number of piperidine rings is 1. The van der Waals surface area contributed by atoms with Gasteiger partial charge in [0, 0.05) is 37.0 Å². The maximum absolute atomic E-state index is 12.8. The van der Waals surface area contributed by atoms with Gasteiger partial charge >= 0.3 is 0 Å². The molecule has 3 rings (SSSR count). The molecule has 1 amide bonds. The van der Waals surface area contributed by atoms with Gasteiger partial charge in [0.2, 0.25) is 0 Å². The number of pyridine rings is 1. The van der Waals surface area contributed by atoms with Crippen LogP contribution in [-0.2, 0) is 0 Å². The summed E-state index contributed by atoms with van der Waals surface area (Å²) in [5, 5.41) is 17.9. The fourth-order valence-electron chi connectivity index (χ4n) is 3.43. The first-order chi connectivity index (χ1) is 13.5. The molecular formula is C20H27Cl2N5O3. The molecule has 2 aromatic rings. The van der Waals surface area contributed by atoms with Crippen LogP contribution in [0.1, 0.15) is 41.9 Å². The van der Waals surface area contributed by atoms with Gasteiger partial charge in [0.15, 0.2) is 0 Å². The number of hydrogen-bond donors (Lipinski definition) is 2. The summed E-state index contributed by atoms with van der Waals surface area (Å²) in [6.07, 6.45) is 3.44. The average Bonchev–Trinajstić information content (AvgIpc) is 2.74. The molecule has 0 aliphatic carbocycles. The van der Waals surface area contributed by atoms with E-state index in [-0.39, 0.29) is 42.5 Å². The number of carbonyl (C=O) groups excluding carboxylic acids is 1. The molecule has 2 N–H and O–H groups in total. The maximum Gasteiger partial charge on any atom is 0.293 e. The van der Waals surface area contributed by atoms with Gasteiger partial charge in [-0.3, -0.25) is 19.9 Å². The number of rotatable bonds is 6. The Bertz CT molecular complexity index is 846. The maximum atomic E-state index is 12.8. The first-order valence-corrected chi connectivity index (χ1v) is 9.42. The quantitative estimate of drug-likeness (QED) is 0.506. The molecular weight excluding hydrogens is 429 g/mol. The van der Waals surface area contributed by atoms with Gasteiger partial charge in [-0.2, -0.15) is 0 Å². The average molecular weight is 456 g/mol.